The first-order chi connectivity index (χ1) is 29.8. The summed E-state index contributed by atoms with van der Waals surface area (Å²) in [7, 11) is 2.09. The minimum absolute atomic E-state index is 0. The Morgan fingerprint density at radius 1 is 0.661 bits per heavy atom. The van der Waals surface area contributed by atoms with Gasteiger partial charge in [0.05, 0.1) is 0 Å². The predicted octanol–water partition coefficient (Wildman–Crippen LogP) is 13.6. The fraction of sp³-hybridized carbons (Fsp3) is 0.250. The third-order valence-electron chi connectivity index (χ3n) is 14.8. The molecule has 62 heavy (non-hydrogen) atoms. The Bertz CT molecular complexity index is 2970. The maximum atomic E-state index is 6.91. The van der Waals surface area contributed by atoms with Crippen LogP contribution in [-0.4, -0.2) is 16.6 Å². The van der Waals surface area contributed by atoms with E-state index in [4.69, 9.17) is 9.72 Å². The fourth-order valence-corrected chi connectivity index (χ4v) is 12.8. The molecule has 13 rings (SSSR count). The van der Waals surface area contributed by atoms with Crippen LogP contribution in [0.5, 0.6) is 11.5 Å². The number of rotatable bonds is 7. The number of aromatic nitrogens is 2. The molecule has 1 aliphatic heterocycles. The van der Waals surface area contributed by atoms with E-state index in [9.17, 15) is 0 Å². The second-order valence-corrected chi connectivity index (χ2v) is 18.5. The van der Waals surface area contributed by atoms with E-state index >= 15 is 0 Å². The molecule has 0 amide bonds. The van der Waals surface area contributed by atoms with Gasteiger partial charge in [0, 0.05) is 61.1 Å². The third-order valence-corrected chi connectivity index (χ3v) is 14.8. The van der Waals surface area contributed by atoms with Crippen molar-refractivity contribution in [1.29, 1.82) is 0 Å². The van der Waals surface area contributed by atoms with Crippen molar-refractivity contribution in [1.82, 2.24) is 9.55 Å². The second kappa shape index (κ2) is 15.0. The van der Waals surface area contributed by atoms with Gasteiger partial charge in [0.15, 0.2) is 0 Å². The van der Waals surface area contributed by atoms with Crippen LogP contribution >= 0.6 is 0 Å². The average molecular weight is 989 g/mol. The van der Waals surface area contributed by atoms with Crippen LogP contribution in [0.3, 0.4) is 0 Å². The Morgan fingerprint density at radius 2 is 1.35 bits per heavy atom. The molecule has 6 heteroatoms. The van der Waals surface area contributed by atoms with E-state index < -0.39 is 0 Å². The first-order valence-electron chi connectivity index (χ1n) is 22.1. The zero-order valence-corrected chi connectivity index (χ0v) is 37.9. The average Bonchev–Trinajstić information content (AvgIpc) is 3.78. The molecule has 4 aliphatic carbocycles. The van der Waals surface area contributed by atoms with Crippen molar-refractivity contribution >= 4 is 38.9 Å². The monoisotopic (exact) mass is 988 g/mol. The summed E-state index contributed by atoms with van der Waals surface area (Å²) in [6, 6.07) is 54.0. The standard InChI is InChI=1S/C56H49N4O.Pt/c1-35-22-36(2)55(37(3)23-35)40-29-45(59-34-58(4)51-16-10-11-17-52(51)59)32-47(30-40)61-46-18-19-49-48-14-8-9-15-50(48)60(53(49)33-46)54-31-42(20-21-57-54)56(41-12-6-5-7-13-41)43-25-38-24-39(27-43)28-44(56)26-38;/h5-23,29-31,34,38-39,43-44H,24-28H2,1-4H3;/q-3;. The van der Waals surface area contributed by atoms with Crippen LogP contribution in [0.25, 0.3) is 38.8 Å². The number of aryl methyl sites for hydroxylation is 3. The number of fused-ring (bicyclic) bond motifs is 4. The SMILES string of the molecule is Cc1cc(C)c(-c2cc(Oc3[c-]c4c(cc3)c3ccccc3n4-c3cc(C4(c5ccccc5)C5CC6CC(C5)CC4C6)ccn3)[c-]c(N3[CH-]N(C)c4ccccc43)c2)c(C)c1.[Pt]. The Labute approximate surface area is 379 Å². The summed E-state index contributed by atoms with van der Waals surface area (Å²) in [6.07, 6.45) is 8.79. The molecular weight excluding hydrogens is 940 g/mol. The van der Waals surface area contributed by atoms with Crippen molar-refractivity contribution in [3.05, 3.63) is 180 Å². The number of para-hydroxylation sites is 3. The van der Waals surface area contributed by atoms with E-state index in [0.29, 0.717) is 23.3 Å². The van der Waals surface area contributed by atoms with E-state index in [1.807, 2.05) is 0 Å². The summed E-state index contributed by atoms with van der Waals surface area (Å²) < 4.78 is 9.22. The molecule has 0 spiro atoms. The van der Waals surface area contributed by atoms with Crippen molar-refractivity contribution in [3.8, 4) is 28.4 Å². The topological polar surface area (TPSA) is 33.5 Å². The Hall–Kier alpha value is -5.64. The molecule has 0 saturated heterocycles. The zero-order valence-electron chi connectivity index (χ0n) is 35.6. The molecule has 4 fully saturated rings. The predicted molar refractivity (Wildman–Crippen MR) is 248 cm³/mol. The van der Waals surface area contributed by atoms with Crippen LogP contribution in [0.1, 0.15) is 59.9 Å². The Morgan fingerprint density at radius 3 is 2.11 bits per heavy atom. The summed E-state index contributed by atoms with van der Waals surface area (Å²) in [4.78, 5) is 9.53. The largest absolute Gasteiger partial charge is 0.509 e. The number of benzene rings is 6. The van der Waals surface area contributed by atoms with Crippen LogP contribution in [0, 0.1) is 63.2 Å². The number of ether oxygens (including phenoxy) is 1. The van der Waals surface area contributed by atoms with E-state index in [2.05, 4.69) is 195 Å². The molecule has 0 unspecified atom stereocenters. The summed E-state index contributed by atoms with van der Waals surface area (Å²) in [5.74, 6) is 5.22. The minimum atomic E-state index is -0.0159. The van der Waals surface area contributed by atoms with Gasteiger partial charge in [-0.3, -0.25) is 0 Å². The molecule has 4 saturated carbocycles. The Kier molecular flexibility index (Phi) is 9.50. The summed E-state index contributed by atoms with van der Waals surface area (Å²) in [6.45, 7) is 8.69. The molecule has 6 aromatic carbocycles. The molecule has 5 aliphatic rings. The van der Waals surface area contributed by atoms with Crippen molar-refractivity contribution in [2.45, 2.75) is 58.3 Å². The fourth-order valence-electron chi connectivity index (χ4n) is 12.8. The normalized spacial score (nSPS) is 22.3. The maximum Gasteiger partial charge on any atom is 0.135 e. The van der Waals surface area contributed by atoms with E-state index in [1.54, 1.807) is 0 Å². The van der Waals surface area contributed by atoms with Crippen LogP contribution < -0.4 is 14.5 Å². The van der Waals surface area contributed by atoms with Crippen molar-refractivity contribution in [3.63, 3.8) is 0 Å². The van der Waals surface area contributed by atoms with Gasteiger partial charge in [0.25, 0.3) is 0 Å². The van der Waals surface area contributed by atoms with Gasteiger partial charge >= 0.3 is 0 Å². The molecule has 0 N–H and O–H groups in total. The van der Waals surface area contributed by atoms with Gasteiger partial charge in [-0.1, -0.05) is 83.9 Å². The van der Waals surface area contributed by atoms with Gasteiger partial charge in [0.1, 0.15) is 5.82 Å². The first kappa shape index (κ1) is 39.2. The third kappa shape index (κ3) is 6.09. The summed E-state index contributed by atoms with van der Waals surface area (Å²) in [5.41, 5.74) is 14.1. The molecule has 8 aromatic rings. The van der Waals surface area contributed by atoms with Gasteiger partial charge < -0.3 is 19.1 Å². The van der Waals surface area contributed by atoms with Gasteiger partial charge in [0.2, 0.25) is 0 Å². The smallest absolute Gasteiger partial charge is 0.135 e. The summed E-state index contributed by atoms with van der Waals surface area (Å²) in [5, 5.41) is 2.30. The number of anilines is 3. The molecule has 5 nitrogen and oxygen atoms in total. The number of hydrogen-bond acceptors (Lipinski definition) is 4. The first-order valence-corrected chi connectivity index (χ1v) is 22.1. The van der Waals surface area contributed by atoms with E-state index in [-0.39, 0.29) is 26.5 Å². The molecule has 4 bridgehead atoms. The van der Waals surface area contributed by atoms with Crippen molar-refractivity contribution < 1.29 is 25.8 Å². The van der Waals surface area contributed by atoms with E-state index in [1.165, 1.54) is 70.9 Å². The molecule has 0 atom stereocenters. The summed E-state index contributed by atoms with van der Waals surface area (Å²) >= 11 is 0. The van der Waals surface area contributed by atoms with E-state index in [0.717, 1.165) is 56.7 Å². The molecule has 312 valence electrons. The Balaban J connectivity index is 0.00000432. The maximum absolute atomic E-state index is 6.91. The molecule has 0 radical (unpaired) electrons. The van der Waals surface area contributed by atoms with Crippen LogP contribution in [-0.2, 0) is 26.5 Å². The second-order valence-electron chi connectivity index (χ2n) is 18.5. The van der Waals surface area contributed by atoms with Gasteiger partial charge in [-0.2, -0.15) is 12.7 Å². The van der Waals surface area contributed by atoms with Crippen molar-refractivity contribution in [2.24, 2.45) is 23.7 Å². The van der Waals surface area contributed by atoms with Crippen LogP contribution in [0.15, 0.2) is 134 Å². The zero-order chi connectivity index (χ0) is 41.0. The van der Waals surface area contributed by atoms with Crippen molar-refractivity contribution in [2.75, 3.05) is 16.8 Å². The minimum Gasteiger partial charge on any atom is -0.509 e. The number of hydrogen-bond donors (Lipinski definition) is 0. The van der Waals surface area contributed by atoms with Gasteiger partial charge in [-0.25, -0.2) is 4.98 Å². The quantitative estimate of drug-likeness (QED) is 0.149. The molecular formula is C56H49N4OPt-3. The molecule has 3 heterocycles. The van der Waals surface area contributed by atoms with Crippen LogP contribution in [0.2, 0.25) is 0 Å². The van der Waals surface area contributed by atoms with Gasteiger partial charge in [-0.15, -0.1) is 47.0 Å². The van der Waals surface area contributed by atoms with Crippen LogP contribution in [0.4, 0.5) is 17.1 Å². The molecule has 2 aromatic heterocycles. The number of nitrogens with zero attached hydrogens (tertiary/aromatic N) is 4. The van der Waals surface area contributed by atoms with Gasteiger partial charge in [-0.05, 0) is 147 Å². The number of pyridine rings is 1.